The first-order valence-corrected chi connectivity index (χ1v) is 41.3. The number of hydrogen-bond acceptors (Lipinski definition) is 17. The summed E-state index contributed by atoms with van der Waals surface area (Å²) in [4.78, 5) is 82.6. The Balaban J connectivity index is 0.690. The first-order valence-electron chi connectivity index (χ1n) is 36.1. The Labute approximate surface area is 628 Å². The fourth-order valence-electron chi connectivity index (χ4n) is 14.0. The number of nitrogens with one attached hydrogen (secondary N) is 4. The number of β-amino-alcohol motifs (C(OH)–C–C–N with tert-alkyl or cyclic N) is 1. The van der Waals surface area contributed by atoms with Crippen LogP contribution >= 0.6 is 34.7 Å². The van der Waals surface area contributed by atoms with Crippen LogP contribution in [0.25, 0.3) is 16.0 Å². The lowest BCUT2D eigenvalue weighted by Gasteiger charge is -2.37. The van der Waals surface area contributed by atoms with Crippen LogP contribution in [0.2, 0.25) is 5.02 Å². The Bertz CT molecular complexity index is 4250. The van der Waals surface area contributed by atoms with Crippen molar-refractivity contribution in [1.29, 1.82) is 0 Å². The number of unbranched alkanes of at least 4 members (excludes halogenated alkanes) is 2. The zero-order valence-electron chi connectivity index (χ0n) is 60.1. The number of piperazine rings is 2. The van der Waals surface area contributed by atoms with E-state index < -0.39 is 94.3 Å². The van der Waals surface area contributed by atoms with E-state index in [2.05, 4.69) is 47.8 Å². The van der Waals surface area contributed by atoms with Crippen molar-refractivity contribution >= 4 is 101 Å². The molecule has 3 fully saturated rings. The van der Waals surface area contributed by atoms with Crippen molar-refractivity contribution in [3.05, 3.63) is 160 Å². The molecule has 1 aromatic heterocycles. The molecule has 4 heterocycles. The SMILES string of the molecule is Cc1ncsc1-c1ccc([C@H](C)NC(=O)[C@@H]2C[C@@H](O)CN2C(=O)C(NC(=O)CCCCCC(=O)N2CCN(CCC(CSc3ccccc3)Nc3ccc(S(=O)(=O)NC(=O)c4ccc(N5CCN(CC6=C(c7ccc(Cl)cc7)CCCCCC6)CC5)cc4)cc3S(=O)(=O)C(F)(F)F)CC2)C(C)(C)C)cc1. The van der Waals surface area contributed by atoms with Crippen LogP contribution < -0.4 is 25.6 Å². The molecule has 28 heteroatoms. The molecular weight excluding hydrogens is 1450 g/mol. The van der Waals surface area contributed by atoms with Gasteiger partial charge in [0.15, 0.2) is 0 Å². The van der Waals surface area contributed by atoms with Crippen molar-refractivity contribution in [2.75, 3.05) is 88.0 Å². The summed E-state index contributed by atoms with van der Waals surface area (Å²) < 4.78 is 100. The van der Waals surface area contributed by atoms with Crippen LogP contribution in [0.3, 0.4) is 0 Å². The summed E-state index contributed by atoms with van der Waals surface area (Å²) in [5, 5.41) is 20.4. The number of thioether (sulfide) groups is 1. The fourth-order valence-corrected chi connectivity index (χ4v) is 17.9. The third-order valence-electron chi connectivity index (χ3n) is 20.1. The van der Waals surface area contributed by atoms with Gasteiger partial charge in [-0.2, -0.15) is 13.2 Å². The van der Waals surface area contributed by atoms with Gasteiger partial charge in [-0.25, -0.2) is 26.5 Å². The van der Waals surface area contributed by atoms with Crippen molar-refractivity contribution < 1.29 is 59.1 Å². The minimum Gasteiger partial charge on any atom is -0.391 e. The predicted octanol–water partition coefficient (Wildman–Crippen LogP) is 12.5. The lowest BCUT2D eigenvalue weighted by molar-refractivity contribution is -0.144. The molecule has 0 saturated carbocycles. The van der Waals surface area contributed by atoms with Gasteiger partial charge in [0.05, 0.1) is 38.8 Å². The molecule has 2 unspecified atom stereocenters. The van der Waals surface area contributed by atoms with Crippen molar-refractivity contribution in [3.63, 3.8) is 0 Å². The number of aryl methyl sites for hydroxylation is 1. The lowest BCUT2D eigenvalue weighted by Crippen LogP contribution is -2.57. The molecule has 10 rings (SSSR count). The largest absolute Gasteiger partial charge is 0.501 e. The minimum absolute atomic E-state index is 0.0381. The summed E-state index contributed by atoms with van der Waals surface area (Å²) >= 11 is 9.18. The molecule has 0 spiro atoms. The molecule has 5 N–H and O–H groups in total. The summed E-state index contributed by atoms with van der Waals surface area (Å²) in [7, 11) is -11.1. The molecular formula is C77H96ClF3N10O10S4. The van der Waals surface area contributed by atoms with Gasteiger partial charge < -0.3 is 35.8 Å². The Hall–Kier alpha value is -7.37. The average molecular weight is 1540 g/mol. The molecule has 6 aromatic rings. The van der Waals surface area contributed by atoms with Gasteiger partial charge in [0.2, 0.25) is 23.6 Å². The highest BCUT2D eigenvalue weighted by Crippen LogP contribution is 2.39. The van der Waals surface area contributed by atoms with Gasteiger partial charge in [0, 0.05) is 124 Å². The highest BCUT2D eigenvalue weighted by molar-refractivity contribution is 7.99. The van der Waals surface area contributed by atoms with Gasteiger partial charge >= 0.3 is 5.51 Å². The molecule has 3 saturated heterocycles. The molecule has 0 bridgehead atoms. The normalized spacial score (nSPS) is 18.4. The summed E-state index contributed by atoms with van der Waals surface area (Å²) in [6, 6.07) is 30.9. The molecule has 5 aromatic carbocycles. The summed E-state index contributed by atoms with van der Waals surface area (Å²) in [5.74, 6) is -2.10. The lowest BCUT2D eigenvalue weighted by atomic mass is 9.85. The molecule has 5 amide bonds. The molecule has 3 aliphatic heterocycles. The number of likely N-dealkylation sites (tertiary alicyclic amines) is 1. The first-order chi connectivity index (χ1) is 50.0. The molecule has 4 aliphatic rings. The Kier molecular flexibility index (Phi) is 27.5. The number of alkyl halides is 3. The zero-order valence-corrected chi connectivity index (χ0v) is 64.2. The second kappa shape index (κ2) is 36.0. The molecule has 20 nitrogen and oxygen atoms in total. The third-order valence-corrected chi connectivity index (χ3v) is 25.3. The van der Waals surface area contributed by atoms with Crippen molar-refractivity contribution in [1.82, 2.24) is 39.9 Å². The highest BCUT2D eigenvalue weighted by Gasteiger charge is 2.49. The van der Waals surface area contributed by atoms with E-state index in [1.807, 2.05) is 106 Å². The monoisotopic (exact) mass is 1540 g/mol. The topological polar surface area (TPSA) is 251 Å². The Morgan fingerprint density at radius 3 is 2.07 bits per heavy atom. The third kappa shape index (κ3) is 21.5. The van der Waals surface area contributed by atoms with Crippen LogP contribution in [-0.2, 0) is 39.0 Å². The number of aromatic nitrogens is 1. The molecule has 1 aliphatic carbocycles. The van der Waals surface area contributed by atoms with E-state index >= 15 is 0 Å². The van der Waals surface area contributed by atoms with Gasteiger partial charge in [0.25, 0.3) is 25.8 Å². The van der Waals surface area contributed by atoms with E-state index in [-0.39, 0.29) is 48.9 Å². The molecule has 0 radical (unpaired) electrons. The Morgan fingerprint density at radius 1 is 0.752 bits per heavy atom. The number of nitrogens with zero attached hydrogens (tertiary/aromatic N) is 6. The van der Waals surface area contributed by atoms with Crippen LogP contribution in [0.15, 0.2) is 147 Å². The van der Waals surface area contributed by atoms with Gasteiger partial charge in [-0.3, -0.25) is 33.8 Å². The highest BCUT2D eigenvalue weighted by atomic mass is 35.5. The van der Waals surface area contributed by atoms with Crippen molar-refractivity contribution in [2.24, 2.45) is 5.41 Å². The number of sulfone groups is 1. The molecule has 566 valence electrons. The number of aliphatic hydroxyl groups is 1. The van der Waals surface area contributed by atoms with Gasteiger partial charge in [-0.15, -0.1) is 23.1 Å². The van der Waals surface area contributed by atoms with Gasteiger partial charge in [-0.05, 0) is 153 Å². The second-order valence-corrected chi connectivity index (χ2v) is 34.8. The van der Waals surface area contributed by atoms with Crippen LogP contribution in [-0.4, -0.2) is 184 Å². The van der Waals surface area contributed by atoms with Gasteiger partial charge in [0.1, 0.15) is 17.0 Å². The molecule has 105 heavy (non-hydrogen) atoms. The second-order valence-electron chi connectivity index (χ2n) is 28.8. The number of carbonyl (C=O) groups excluding carboxylic acids is 5. The van der Waals surface area contributed by atoms with Crippen LogP contribution in [0.4, 0.5) is 24.5 Å². The number of halogens is 4. The van der Waals surface area contributed by atoms with E-state index in [1.165, 1.54) is 58.3 Å². The first kappa shape index (κ1) is 80.2. The summed E-state index contributed by atoms with van der Waals surface area (Å²) in [5.41, 5.74) is 2.42. The number of aliphatic hydroxyl groups excluding tert-OH is 1. The van der Waals surface area contributed by atoms with E-state index in [4.69, 9.17) is 11.6 Å². The fraction of sp³-hybridized carbons (Fsp3) is 0.481. The Morgan fingerprint density at radius 2 is 1.41 bits per heavy atom. The van der Waals surface area contributed by atoms with E-state index in [1.54, 1.807) is 33.9 Å². The quantitative estimate of drug-likeness (QED) is 0.0226. The number of anilines is 2. The van der Waals surface area contributed by atoms with E-state index in [0.29, 0.717) is 82.6 Å². The molecule has 5 atom stereocenters. The maximum atomic E-state index is 14.6. The number of hydrogen-bond donors (Lipinski definition) is 5. The van der Waals surface area contributed by atoms with Crippen LogP contribution in [0, 0.1) is 12.3 Å². The number of rotatable bonds is 28. The number of sulfonamides is 1. The smallest absolute Gasteiger partial charge is 0.391 e. The number of amides is 5. The van der Waals surface area contributed by atoms with Gasteiger partial charge in [-0.1, -0.05) is 112 Å². The van der Waals surface area contributed by atoms with E-state index in [9.17, 15) is 59.1 Å². The number of allylic oxidation sites excluding steroid dienone is 1. The van der Waals surface area contributed by atoms with E-state index in [0.717, 1.165) is 89.7 Å². The van der Waals surface area contributed by atoms with Crippen molar-refractivity contribution in [2.45, 2.75) is 169 Å². The summed E-state index contributed by atoms with van der Waals surface area (Å²) in [6.07, 6.45) is 8.03. The maximum absolute atomic E-state index is 14.6. The van der Waals surface area contributed by atoms with Crippen molar-refractivity contribution in [3.8, 4) is 10.4 Å². The number of carbonyl (C=O) groups is 5. The predicted molar refractivity (Wildman–Crippen MR) is 407 cm³/mol. The number of thiazole rings is 1. The van der Waals surface area contributed by atoms with Crippen LogP contribution in [0.5, 0.6) is 0 Å². The zero-order chi connectivity index (χ0) is 75.2. The minimum atomic E-state index is -6.18. The maximum Gasteiger partial charge on any atom is 0.501 e. The number of benzene rings is 5. The average Bonchev–Trinajstić information content (AvgIpc) is 1.05. The van der Waals surface area contributed by atoms with Crippen LogP contribution in [0.1, 0.15) is 144 Å². The summed E-state index contributed by atoms with van der Waals surface area (Å²) in [6.45, 7) is 15.3. The standard InChI is InChI=1S/C77H96ClF3N10O10S4/c1-52(54-22-24-56(25-23-54)71-53(2)82-51-103-71)83-74(96)67-46-62(92)49-91(67)75(97)72(76(3,4)5)85-69(93)20-14-9-15-21-70(94)90-44-38-87(39-45-90)37-36-60(50-102-63-17-11-8-12-18-63)84-66-35-34-64(47-68(66)104(98,99)77(79,80)81)105(100,101)86-73(95)57-28-32-61(33-29-57)89-42-40-88(41-43-89)48-58-16-10-6-7-13-19-65(58)55-26-30-59(78)31-27-55/h8,11-12,17-18,22-35,47,51-52,60,62,67,72,84,92H,6-7,9-10,13-16,19-21,36-46,48-50H2,1-5H3,(H,83,96)(H,85,93)(H,86,95)/t52-,60?,62+,67-,72?/m0/s1.